The van der Waals surface area contributed by atoms with Gasteiger partial charge in [-0.1, -0.05) is 30.3 Å². The van der Waals surface area contributed by atoms with E-state index < -0.39 is 0 Å². The minimum atomic E-state index is -0.285. The van der Waals surface area contributed by atoms with E-state index in [0.29, 0.717) is 5.69 Å². The fourth-order valence-electron chi connectivity index (χ4n) is 4.29. The van der Waals surface area contributed by atoms with E-state index >= 15 is 0 Å². The molecule has 2 fully saturated rings. The predicted molar refractivity (Wildman–Crippen MR) is 108 cm³/mol. The number of hydrogen-bond acceptors (Lipinski definition) is 4. The van der Waals surface area contributed by atoms with Crippen LogP contribution in [-0.2, 0) is 9.59 Å². The molecule has 0 aromatic heterocycles. The Labute approximate surface area is 165 Å². The van der Waals surface area contributed by atoms with Gasteiger partial charge in [0.05, 0.1) is 51.1 Å². The monoisotopic (exact) mass is 380 g/mol. The van der Waals surface area contributed by atoms with Gasteiger partial charge in [0.2, 0.25) is 5.91 Å². The number of benzene rings is 2. The van der Waals surface area contributed by atoms with Gasteiger partial charge in [0.1, 0.15) is 5.75 Å². The highest BCUT2D eigenvalue weighted by molar-refractivity contribution is 6.22. The number of para-hydroxylation sites is 3. The molecule has 0 unspecified atom stereocenters. The first-order valence-corrected chi connectivity index (χ1v) is 9.75. The Balaban J connectivity index is 1.46. The second-order valence-corrected chi connectivity index (χ2v) is 7.43. The van der Waals surface area contributed by atoms with Crippen LogP contribution < -0.4 is 19.4 Å². The zero-order valence-corrected chi connectivity index (χ0v) is 16.4. The Hall–Kier alpha value is -2.86. The summed E-state index contributed by atoms with van der Waals surface area (Å²) in [4.78, 5) is 30.6. The Bertz CT molecular complexity index is 890. The van der Waals surface area contributed by atoms with E-state index in [1.807, 2.05) is 49.4 Å². The molecular formula is C22H26N3O3+. The van der Waals surface area contributed by atoms with Crippen LogP contribution in [0.5, 0.6) is 5.75 Å². The number of nitrogens with one attached hydrogen (secondary N) is 1. The fourth-order valence-corrected chi connectivity index (χ4v) is 4.29. The van der Waals surface area contributed by atoms with Crippen molar-refractivity contribution in [1.82, 2.24) is 0 Å². The van der Waals surface area contributed by atoms with E-state index in [9.17, 15) is 9.59 Å². The topological polar surface area (TPSA) is 54.3 Å². The molecule has 1 N–H and O–H groups in total. The van der Waals surface area contributed by atoms with E-state index in [2.05, 4.69) is 11.0 Å². The standard InChI is InChI=1S/C22H25N3O3/c1-16-7-3-4-8-17(16)25-21(26)15-19(22(25)27)24-13-11-23(12-14-24)18-9-5-6-10-20(18)28-2/h3-10,19H,11-15H2,1-2H3/p+1/t19-/m0/s1. The number of hydrogen-bond donors (Lipinski definition) is 1. The van der Waals surface area contributed by atoms with Crippen LogP contribution in [0.4, 0.5) is 11.4 Å². The number of carbonyl (C=O) groups excluding carboxylic acids is 2. The molecule has 4 rings (SSSR count). The van der Waals surface area contributed by atoms with Crippen LogP contribution in [0.2, 0.25) is 0 Å². The van der Waals surface area contributed by atoms with Crippen molar-refractivity contribution in [1.29, 1.82) is 0 Å². The number of aryl methyl sites for hydroxylation is 1. The van der Waals surface area contributed by atoms with Crippen LogP contribution in [0.15, 0.2) is 48.5 Å². The molecule has 2 aromatic rings. The second-order valence-electron chi connectivity index (χ2n) is 7.43. The molecule has 2 aliphatic rings. The number of anilines is 2. The smallest absolute Gasteiger partial charge is 0.292 e. The molecule has 2 saturated heterocycles. The molecule has 0 aliphatic carbocycles. The van der Waals surface area contributed by atoms with Crippen molar-refractivity contribution in [2.75, 3.05) is 43.1 Å². The van der Waals surface area contributed by atoms with Crippen LogP contribution in [-0.4, -0.2) is 51.1 Å². The van der Waals surface area contributed by atoms with Crippen molar-refractivity contribution >= 4 is 23.2 Å². The van der Waals surface area contributed by atoms with E-state index in [4.69, 9.17) is 4.74 Å². The maximum absolute atomic E-state index is 13.1. The van der Waals surface area contributed by atoms with Crippen LogP contribution in [0.25, 0.3) is 0 Å². The van der Waals surface area contributed by atoms with Gasteiger partial charge < -0.3 is 14.5 Å². The minimum absolute atomic E-state index is 0.0694. The number of nitrogens with zero attached hydrogens (tertiary/aromatic N) is 2. The lowest BCUT2D eigenvalue weighted by Gasteiger charge is -2.36. The maximum Gasteiger partial charge on any atom is 0.292 e. The Morgan fingerprint density at radius 2 is 1.61 bits per heavy atom. The summed E-state index contributed by atoms with van der Waals surface area (Å²) in [6.07, 6.45) is 0.289. The Morgan fingerprint density at radius 3 is 2.29 bits per heavy atom. The fraction of sp³-hybridized carbons (Fsp3) is 0.364. The van der Waals surface area contributed by atoms with E-state index in [0.717, 1.165) is 43.2 Å². The molecule has 28 heavy (non-hydrogen) atoms. The van der Waals surface area contributed by atoms with Gasteiger partial charge in [0.15, 0.2) is 6.04 Å². The molecule has 1 atom stereocenters. The maximum atomic E-state index is 13.1. The van der Waals surface area contributed by atoms with Crippen molar-refractivity contribution in [3.05, 3.63) is 54.1 Å². The molecule has 2 aliphatic heterocycles. The third-order valence-electron chi connectivity index (χ3n) is 5.83. The molecule has 2 aromatic carbocycles. The quantitative estimate of drug-likeness (QED) is 0.806. The molecule has 2 heterocycles. The van der Waals surface area contributed by atoms with Gasteiger partial charge in [-0.15, -0.1) is 0 Å². The average Bonchev–Trinajstić information content (AvgIpc) is 3.02. The Kier molecular flexibility index (Phi) is 5.05. The number of ether oxygens (including phenoxy) is 1. The first-order valence-electron chi connectivity index (χ1n) is 9.75. The summed E-state index contributed by atoms with van der Waals surface area (Å²) < 4.78 is 5.48. The van der Waals surface area contributed by atoms with E-state index in [1.54, 1.807) is 7.11 Å². The van der Waals surface area contributed by atoms with Gasteiger partial charge in [-0.3, -0.25) is 9.59 Å². The molecule has 0 bridgehead atoms. The zero-order valence-electron chi connectivity index (χ0n) is 16.4. The number of imide groups is 1. The summed E-state index contributed by atoms with van der Waals surface area (Å²) in [7, 11) is 1.68. The summed E-state index contributed by atoms with van der Waals surface area (Å²) in [6, 6.07) is 15.3. The lowest BCUT2D eigenvalue weighted by atomic mass is 10.1. The van der Waals surface area contributed by atoms with Crippen LogP contribution in [0, 0.1) is 6.92 Å². The minimum Gasteiger partial charge on any atom is -0.495 e. The molecule has 0 radical (unpaired) electrons. The molecular weight excluding hydrogens is 354 g/mol. The van der Waals surface area contributed by atoms with E-state index in [1.165, 1.54) is 9.80 Å². The van der Waals surface area contributed by atoms with Crippen LogP contribution in [0.3, 0.4) is 0 Å². The number of rotatable bonds is 4. The van der Waals surface area contributed by atoms with Crippen molar-refractivity contribution in [2.24, 2.45) is 0 Å². The van der Waals surface area contributed by atoms with Gasteiger partial charge in [-0.05, 0) is 30.7 Å². The van der Waals surface area contributed by atoms with Crippen molar-refractivity contribution in [3.63, 3.8) is 0 Å². The van der Waals surface area contributed by atoms with Gasteiger partial charge in [0.25, 0.3) is 5.91 Å². The summed E-state index contributed by atoms with van der Waals surface area (Å²) in [5, 5.41) is 0. The molecule has 0 spiro atoms. The van der Waals surface area contributed by atoms with Gasteiger partial charge in [-0.25, -0.2) is 4.90 Å². The van der Waals surface area contributed by atoms with Crippen molar-refractivity contribution in [2.45, 2.75) is 19.4 Å². The number of piperazine rings is 1. The summed E-state index contributed by atoms with van der Waals surface area (Å²) >= 11 is 0. The summed E-state index contributed by atoms with van der Waals surface area (Å²) in [5.41, 5.74) is 2.74. The number of quaternary nitrogens is 1. The van der Waals surface area contributed by atoms with Gasteiger partial charge >= 0.3 is 0 Å². The largest absolute Gasteiger partial charge is 0.495 e. The number of carbonyl (C=O) groups is 2. The SMILES string of the molecule is COc1ccccc1N1CC[NH+]([C@H]2CC(=O)N(c3ccccc3C)C2=O)CC1. The third kappa shape index (κ3) is 3.24. The molecule has 2 amide bonds. The number of amides is 2. The zero-order chi connectivity index (χ0) is 19.7. The first-order chi connectivity index (χ1) is 13.6. The lowest BCUT2D eigenvalue weighted by molar-refractivity contribution is -0.915. The molecule has 6 nitrogen and oxygen atoms in total. The summed E-state index contributed by atoms with van der Waals surface area (Å²) in [6.45, 7) is 5.24. The molecule has 146 valence electrons. The first kappa shape index (κ1) is 18.5. The average molecular weight is 380 g/mol. The molecule has 6 heteroatoms. The van der Waals surface area contributed by atoms with Crippen LogP contribution >= 0.6 is 0 Å². The van der Waals surface area contributed by atoms with Gasteiger partial charge in [-0.2, -0.15) is 0 Å². The van der Waals surface area contributed by atoms with Gasteiger partial charge in [0, 0.05) is 0 Å². The summed E-state index contributed by atoms with van der Waals surface area (Å²) in [5.74, 6) is 0.702. The predicted octanol–water partition coefficient (Wildman–Crippen LogP) is 1.04. The highest BCUT2D eigenvalue weighted by Gasteiger charge is 2.46. The number of methoxy groups -OCH3 is 1. The van der Waals surface area contributed by atoms with Crippen molar-refractivity contribution in [3.8, 4) is 5.75 Å². The van der Waals surface area contributed by atoms with E-state index in [-0.39, 0.29) is 24.3 Å². The van der Waals surface area contributed by atoms with Crippen molar-refractivity contribution < 1.29 is 19.2 Å². The normalized spacial score (nSPS) is 20.7. The second kappa shape index (κ2) is 7.64. The van der Waals surface area contributed by atoms with Crippen LogP contribution in [0.1, 0.15) is 12.0 Å². The highest BCUT2D eigenvalue weighted by Crippen LogP contribution is 2.28. The Morgan fingerprint density at radius 1 is 0.964 bits per heavy atom. The third-order valence-corrected chi connectivity index (χ3v) is 5.83. The lowest BCUT2D eigenvalue weighted by Crippen LogP contribution is -3.19. The highest BCUT2D eigenvalue weighted by atomic mass is 16.5. The molecule has 0 saturated carbocycles.